The Kier molecular flexibility index (Phi) is 6.10. The van der Waals surface area contributed by atoms with Crippen LogP contribution in [0.15, 0.2) is 22.2 Å². The standard InChI is InChI=1S/C14H10BrN3O2/c1-2-19-13-6-11(5-10(8-17)9-18)12(15)7-14(13)20-4-3-16/h5-7H,2,4H2,1H3. The molecule has 0 bridgehead atoms. The molecule has 0 unspecified atom stereocenters. The number of hydrogen-bond acceptors (Lipinski definition) is 5. The van der Waals surface area contributed by atoms with Gasteiger partial charge in [-0.05, 0) is 30.7 Å². The van der Waals surface area contributed by atoms with Crippen molar-refractivity contribution in [2.24, 2.45) is 0 Å². The average Bonchev–Trinajstić information content (AvgIpc) is 2.46. The maximum Gasteiger partial charge on any atom is 0.174 e. The van der Waals surface area contributed by atoms with Gasteiger partial charge in [0.05, 0.1) is 6.61 Å². The molecule has 1 rings (SSSR count). The fourth-order valence-corrected chi connectivity index (χ4v) is 1.83. The number of allylic oxidation sites excluding steroid dienone is 1. The fraction of sp³-hybridized carbons (Fsp3) is 0.214. The zero-order valence-corrected chi connectivity index (χ0v) is 12.3. The van der Waals surface area contributed by atoms with Crippen molar-refractivity contribution in [3.8, 4) is 29.7 Å². The first-order valence-electron chi connectivity index (χ1n) is 5.64. The van der Waals surface area contributed by atoms with Crippen molar-refractivity contribution >= 4 is 22.0 Å². The van der Waals surface area contributed by atoms with Gasteiger partial charge in [0.25, 0.3) is 0 Å². The van der Waals surface area contributed by atoms with Gasteiger partial charge in [-0.15, -0.1) is 0 Å². The molecule has 1 aromatic carbocycles. The monoisotopic (exact) mass is 331 g/mol. The lowest BCUT2D eigenvalue weighted by Crippen LogP contribution is -2.00. The van der Waals surface area contributed by atoms with Crippen LogP contribution in [0, 0.1) is 34.0 Å². The molecule has 0 aliphatic carbocycles. The Hall–Kier alpha value is -2.49. The topological polar surface area (TPSA) is 89.8 Å². The van der Waals surface area contributed by atoms with Crippen LogP contribution in [-0.4, -0.2) is 13.2 Å². The Morgan fingerprint density at radius 1 is 1.20 bits per heavy atom. The van der Waals surface area contributed by atoms with Gasteiger partial charge in [0.2, 0.25) is 0 Å². The minimum Gasteiger partial charge on any atom is -0.490 e. The van der Waals surface area contributed by atoms with Gasteiger partial charge >= 0.3 is 0 Å². The number of ether oxygens (including phenoxy) is 2. The van der Waals surface area contributed by atoms with Crippen molar-refractivity contribution in [1.29, 1.82) is 15.8 Å². The van der Waals surface area contributed by atoms with E-state index >= 15 is 0 Å². The van der Waals surface area contributed by atoms with Crippen LogP contribution in [0.1, 0.15) is 12.5 Å². The van der Waals surface area contributed by atoms with Crippen LogP contribution in [-0.2, 0) is 0 Å². The number of hydrogen-bond donors (Lipinski definition) is 0. The lowest BCUT2D eigenvalue weighted by molar-refractivity contribution is 0.298. The van der Waals surface area contributed by atoms with Crippen molar-refractivity contribution < 1.29 is 9.47 Å². The highest BCUT2D eigenvalue weighted by Gasteiger charge is 2.10. The normalized spacial score (nSPS) is 8.75. The molecular formula is C14H10BrN3O2. The summed E-state index contributed by atoms with van der Waals surface area (Å²) in [6.45, 7) is 2.15. The summed E-state index contributed by atoms with van der Waals surface area (Å²) in [5, 5.41) is 26.1. The van der Waals surface area contributed by atoms with E-state index in [1.54, 1.807) is 24.3 Å². The van der Waals surface area contributed by atoms with Gasteiger partial charge in [0.1, 0.15) is 23.8 Å². The fourth-order valence-electron chi connectivity index (χ4n) is 1.40. The summed E-state index contributed by atoms with van der Waals surface area (Å²) in [6.07, 6.45) is 1.45. The first-order chi connectivity index (χ1) is 9.65. The van der Waals surface area contributed by atoms with E-state index in [0.717, 1.165) is 0 Å². The van der Waals surface area contributed by atoms with E-state index in [1.807, 2.05) is 13.0 Å². The van der Waals surface area contributed by atoms with Gasteiger partial charge in [-0.2, -0.15) is 15.8 Å². The average molecular weight is 332 g/mol. The predicted molar refractivity (Wildman–Crippen MR) is 75.6 cm³/mol. The summed E-state index contributed by atoms with van der Waals surface area (Å²) in [5.41, 5.74) is 0.606. The lowest BCUT2D eigenvalue weighted by atomic mass is 10.1. The molecule has 0 aliphatic rings. The van der Waals surface area contributed by atoms with E-state index in [2.05, 4.69) is 15.9 Å². The van der Waals surface area contributed by atoms with Crippen LogP contribution in [0.25, 0.3) is 6.08 Å². The van der Waals surface area contributed by atoms with E-state index < -0.39 is 0 Å². The number of nitriles is 3. The smallest absolute Gasteiger partial charge is 0.174 e. The Morgan fingerprint density at radius 3 is 2.40 bits per heavy atom. The van der Waals surface area contributed by atoms with Crippen LogP contribution in [0.2, 0.25) is 0 Å². The second-order valence-corrected chi connectivity index (χ2v) is 4.34. The molecule has 0 saturated carbocycles. The van der Waals surface area contributed by atoms with Crippen LogP contribution >= 0.6 is 15.9 Å². The Labute approximate surface area is 125 Å². The van der Waals surface area contributed by atoms with E-state index in [1.165, 1.54) is 6.08 Å². The molecule has 0 fully saturated rings. The SMILES string of the molecule is CCOc1cc(C=C(C#N)C#N)c(Br)cc1OCC#N. The summed E-state index contributed by atoms with van der Waals surface area (Å²) < 4.78 is 11.3. The molecule has 0 saturated heterocycles. The van der Waals surface area contributed by atoms with E-state index in [9.17, 15) is 0 Å². The maximum atomic E-state index is 8.77. The molecule has 5 nitrogen and oxygen atoms in total. The number of halogens is 1. The van der Waals surface area contributed by atoms with Crippen LogP contribution in [0.5, 0.6) is 11.5 Å². The molecule has 0 aromatic heterocycles. The van der Waals surface area contributed by atoms with Gasteiger partial charge in [-0.1, -0.05) is 15.9 Å². The number of nitrogens with zero attached hydrogens (tertiary/aromatic N) is 3. The van der Waals surface area contributed by atoms with Crippen molar-refractivity contribution in [3.05, 3.63) is 27.7 Å². The van der Waals surface area contributed by atoms with Gasteiger partial charge in [0.15, 0.2) is 18.1 Å². The Balaban J connectivity index is 3.27. The third-order valence-corrected chi connectivity index (χ3v) is 2.88. The molecule has 6 heteroatoms. The molecule has 0 radical (unpaired) electrons. The molecule has 1 aromatic rings. The van der Waals surface area contributed by atoms with Gasteiger partial charge in [-0.25, -0.2) is 0 Å². The summed E-state index contributed by atoms with van der Waals surface area (Å²) in [4.78, 5) is 0. The first-order valence-corrected chi connectivity index (χ1v) is 6.43. The molecule has 100 valence electrons. The van der Waals surface area contributed by atoms with E-state index in [4.69, 9.17) is 25.3 Å². The maximum absolute atomic E-state index is 8.77. The van der Waals surface area contributed by atoms with Crippen molar-refractivity contribution in [2.45, 2.75) is 6.92 Å². The molecule has 0 heterocycles. The van der Waals surface area contributed by atoms with E-state index in [0.29, 0.717) is 28.1 Å². The second kappa shape index (κ2) is 7.84. The second-order valence-electron chi connectivity index (χ2n) is 3.48. The summed E-state index contributed by atoms with van der Waals surface area (Å²) >= 11 is 3.33. The van der Waals surface area contributed by atoms with E-state index in [-0.39, 0.29) is 12.2 Å². The molecule has 0 amide bonds. The highest BCUT2D eigenvalue weighted by atomic mass is 79.9. The zero-order chi connectivity index (χ0) is 15.0. The highest BCUT2D eigenvalue weighted by molar-refractivity contribution is 9.10. The van der Waals surface area contributed by atoms with Crippen molar-refractivity contribution in [2.75, 3.05) is 13.2 Å². The molecule has 0 spiro atoms. The van der Waals surface area contributed by atoms with Gasteiger partial charge in [0, 0.05) is 4.47 Å². The molecule has 0 atom stereocenters. The zero-order valence-electron chi connectivity index (χ0n) is 10.7. The summed E-state index contributed by atoms with van der Waals surface area (Å²) in [6, 6.07) is 8.75. The molecule has 0 N–H and O–H groups in total. The van der Waals surface area contributed by atoms with Crippen LogP contribution < -0.4 is 9.47 Å². The highest BCUT2D eigenvalue weighted by Crippen LogP contribution is 2.34. The van der Waals surface area contributed by atoms with Gasteiger partial charge < -0.3 is 9.47 Å². The Morgan fingerprint density at radius 2 is 1.85 bits per heavy atom. The van der Waals surface area contributed by atoms with Crippen molar-refractivity contribution in [1.82, 2.24) is 0 Å². The molecule has 20 heavy (non-hydrogen) atoms. The predicted octanol–water partition coefficient (Wildman–Crippen LogP) is 3.18. The minimum atomic E-state index is -0.0939. The third-order valence-electron chi connectivity index (χ3n) is 2.20. The summed E-state index contributed by atoms with van der Waals surface area (Å²) in [5.74, 6) is 0.875. The quantitative estimate of drug-likeness (QED) is 0.773. The minimum absolute atomic E-state index is 0.0150. The summed E-state index contributed by atoms with van der Waals surface area (Å²) in [7, 11) is 0. The van der Waals surface area contributed by atoms with Gasteiger partial charge in [-0.3, -0.25) is 0 Å². The number of benzene rings is 1. The molecule has 0 aliphatic heterocycles. The largest absolute Gasteiger partial charge is 0.490 e. The first kappa shape index (κ1) is 15.6. The third kappa shape index (κ3) is 4.02. The van der Waals surface area contributed by atoms with Crippen LogP contribution in [0.4, 0.5) is 0 Å². The molecular weight excluding hydrogens is 322 g/mol. The van der Waals surface area contributed by atoms with Crippen LogP contribution in [0.3, 0.4) is 0 Å². The lowest BCUT2D eigenvalue weighted by Gasteiger charge is -2.12. The Bertz CT molecular complexity index is 632. The number of rotatable bonds is 5. The van der Waals surface area contributed by atoms with Crippen molar-refractivity contribution in [3.63, 3.8) is 0 Å².